The molecule has 2 heterocycles. The van der Waals surface area contributed by atoms with Gasteiger partial charge in [-0.2, -0.15) is 5.10 Å². The molecule has 1 atom stereocenters. The van der Waals surface area contributed by atoms with Crippen LogP contribution in [-0.2, 0) is 19.5 Å². The zero-order valence-corrected chi connectivity index (χ0v) is 13.4. The summed E-state index contributed by atoms with van der Waals surface area (Å²) in [4.78, 5) is 1.38. The van der Waals surface area contributed by atoms with Gasteiger partial charge in [0.05, 0.1) is 6.20 Å². The van der Waals surface area contributed by atoms with E-state index < -0.39 is 0 Å². The molecule has 0 amide bonds. The van der Waals surface area contributed by atoms with Gasteiger partial charge >= 0.3 is 0 Å². The number of nitrogens with one attached hydrogen (secondary N) is 1. The van der Waals surface area contributed by atoms with E-state index in [0.717, 1.165) is 13.1 Å². The molecule has 19 heavy (non-hydrogen) atoms. The summed E-state index contributed by atoms with van der Waals surface area (Å²) in [6, 6.07) is 2.65. The van der Waals surface area contributed by atoms with Gasteiger partial charge in [-0.1, -0.05) is 0 Å². The molecule has 0 aromatic carbocycles. The lowest BCUT2D eigenvalue weighted by molar-refractivity contribution is 0.449. The van der Waals surface area contributed by atoms with Crippen LogP contribution in [0.2, 0.25) is 0 Å². The van der Waals surface area contributed by atoms with E-state index in [1.807, 2.05) is 0 Å². The van der Waals surface area contributed by atoms with E-state index in [0.29, 0.717) is 6.04 Å². The first-order chi connectivity index (χ1) is 9.28. The lowest BCUT2D eigenvalue weighted by Crippen LogP contribution is -2.24. The molecular formula is C14H18BrN3S. The Kier molecular flexibility index (Phi) is 4.05. The van der Waals surface area contributed by atoms with Crippen molar-refractivity contribution in [1.29, 1.82) is 0 Å². The zero-order chi connectivity index (χ0) is 13.2. The van der Waals surface area contributed by atoms with Crippen molar-refractivity contribution in [1.82, 2.24) is 15.1 Å². The maximum Gasteiger partial charge on any atom is 0.0540 e. The minimum atomic E-state index is 0.463. The van der Waals surface area contributed by atoms with E-state index in [4.69, 9.17) is 0 Å². The number of aromatic nitrogens is 2. The number of nitrogens with zero attached hydrogens (tertiary/aromatic N) is 2. The second kappa shape index (κ2) is 5.77. The number of hydrogen-bond donors (Lipinski definition) is 1. The van der Waals surface area contributed by atoms with Crippen molar-refractivity contribution in [2.45, 2.75) is 45.3 Å². The first-order valence-corrected chi connectivity index (χ1v) is 8.46. The topological polar surface area (TPSA) is 29.9 Å². The van der Waals surface area contributed by atoms with Crippen LogP contribution < -0.4 is 5.32 Å². The van der Waals surface area contributed by atoms with Crippen LogP contribution in [0.5, 0.6) is 0 Å². The molecule has 3 nitrogen and oxygen atoms in total. The van der Waals surface area contributed by atoms with Crippen LogP contribution >= 0.6 is 27.3 Å². The highest BCUT2D eigenvalue weighted by atomic mass is 79.9. The second-order valence-corrected chi connectivity index (χ2v) is 6.83. The van der Waals surface area contributed by atoms with Crippen molar-refractivity contribution in [3.05, 3.63) is 38.3 Å². The van der Waals surface area contributed by atoms with Crippen LogP contribution in [0.25, 0.3) is 0 Å². The molecule has 1 aliphatic carbocycles. The summed E-state index contributed by atoms with van der Waals surface area (Å²) < 4.78 is 3.32. The van der Waals surface area contributed by atoms with Gasteiger partial charge in [-0.3, -0.25) is 4.68 Å². The van der Waals surface area contributed by atoms with Gasteiger partial charge in [-0.25, -0.2) is 0 Å². The van der Waals surface area contributed by atoms with Gasteiger partial charge in [-0.15, -0.1) is 11.3 Å². The smallest absolute Gasteiger partial charge is 0.0540 e. The van der Waals surface area contributed by atoms with Crippen LogP contribution in [0.4, 0.5) is 0 Å². The van der Waals surface area contributed by atoms with Crippen molar-refractivity contribution >= 4 is 27.3 Å². The summed E-state index contributed by atoms with van der Waals surface area (Å²) in [6.07, 6.45) is 5.70. The molecule has 2 aromatic heterocycles. The first-order valence-electron chi connectivity index (χ1n) is 6.78. The van der Waals surface area contributed by atoms with Crippen molar-refractivity contribution in [2.75, 3.05) is 0 Å². The third kappa shape index (κ3) is 2.78. The van der Waals surface area contributed by atoms with E-state index in [-0.39, 0.29) is 0 Å². The molecule has 1 N–H and O–H groups in total. The Bertz CT molecular complexity index is 561. The Morgan fingerprint density at radius 3 is 3.21 bits per heavy atom. The summed E-state index contributed by atoms with van der Waals surface area (Å²) in [5.74, 6) is 0. The quantitative estimate of drug-likeness (QED) is 0.915. The molecule has 0 fully saturated rings. The maximum atomic E-state index is 4.50. The fourth-order valence-corrected chi connectivity index (χ4v) is 4.18. The lowest BCUT2D eigenvalue weighted by atomic mass is 9.93. The fraction of sp³-hybridized carbons (Fsp3) is 0.500. The summed E-state index contributed by atoms with van der Waals surface area (Å²) in [6.45, 7) is 4.07. The minimum Gasteiger partial charge on any atom is -0.305 e. The highest BCUT2D eigenvalue weighted by molar-refractivity contribution is 9.10. The van der Waals surface area contributed by atoms with Gasteiger partial charge in [0.15, 0.2) is 0 Å². The van der Waals surface area contributed by atoms with E-state index in [9.17, 15) is 0 Å². The third-order valence-electron chi connectivity index (χ3n) is 3.71. The number of rotatable bonds is 4. The maximum absolute atomic E-state index is 4.50. The van der Waals surface area contributed by atoms with Crippen LogP contribution in [0.3, 0.4) is 0 Å². The van der Waals surface area contributed by atoms with Crippen molar-refractivity contribution < 1.29 is 0 Å². The van der Waals surface area contributed by atoms with Crippen molar-refractivity contribution in [2.24, 2.45) is 0 Å². The molecule has 0 radical (unpaired) electrons. The molecule has 0 saturated carbocycles. The predicted molar refractivity (Wildman–Crippen MR) is 82.4 cm³/mol. The molecule has 0 aliphatic heterocycles. The Morgan fingerprint density at radius 1 is 1.58 bits per heavy atom. The Morgan fingerprint density at radius 2 is 2.47 bits per heavy atom. The third-order valence-corrected chi connectivity index (χ3v) is 5.40. The van der Waals surface area contributed by atoms with E-state index in [1.54, 1.807) is 11.3 Å². The Balaban J connectivity index is 1.71. The Labute approximate surface area is 126 Å². The first kappa shape index (κ1) is 13.3. The largest absolute Gasteiger partial charge is 0.305 e. The molecule has 0 saturated heterocycles. The number of halogens is 1. The van der Waals surface area contributed by atoms with Crippen LogP contribution in [0.15, 0.2) is 22.1 Å². The highest BCUT2D eigenvalue weighted by Crippen LogP contribution is 2.30. The SMILES string of the molecule is CCn1ncc2c1CCC[C@H]2NCc1cc(Br)cs1. The van der Waals surface area contributed by atoms with Crippen molar-refractivity contribution in [3.63, 3.8) is 0 Å². The van der Waals surface area contributed by atoms with Gasteiger partial charge in [0, 0.05) is 45.1 Å². The van der Waals surface area contributed by atoms with Crippen LogP contribution in [0.1, 0.15) is 41.9 Å². The Hall–Kier alpha value is -0.650. The molecule has 5 heteroatoms. The van der Waals surface area contributed by atoms with Gasteiger partial charge in [0.25, 0.3) is 0 Å². The molecule has 0 bridgehead atoms. The number of thiophene rings is 1. The van der Waals surface area contributed by atoms with Crippen molar-refractivity contribution in [3.8, 4) is 0 Å². The van der Waals surface area contributed by atoms with Gasteiger partial charge in [0.2, 0.25) is 0 Å². The molecule has 0 unspecified atom stereocenters. The fourth-order valence-electron chi connectivity index (χ4n) is 2.77. The zero-order valence-electron chi connectivity index (χ0n) is 11.0. The molecular weight excluding hydrogens is 322 g/mol. The number of fused-ring (bicyclic) bond motifs is 1. The number of aryl methyl sites for hydroxylation is 1. The van der Waals surface area contributed by atoms with E-state index >= 15 is 0 Å². The summed E-state index contributed by atoms with van der Waals surface area (Å²) in [5.41, 5.74) is 2.84. The minimum absolute atomic E-state index is 0.463. The summed E-state index contributed by atoms with van der Waals surface area (Å²) in [5, 5.41) is 10.3. The highest BCUT2D eigenvalue weighted by Gasteiger charge is 2.23. The molecule has 1 aliphatic rings. The molecule has 2 aromatic rings. The average Bonchev–Trinajstić information content (AvgIpc) is 3.02. The number of hydrogen-bond acceptors (Lipinski definition) is 3. The molecule has 0 spiro atoms. The average molecular weight is 340 g/mol. The lowest BCUT2D eigenvalue weighted by Gasteiger charge is -2.24. The van der Waals surface area contributed by atoms with E-state index in [2.05, 4.69) is 55.6 Å². The summed E-state index contributed by atoms with van der Waals surface area (Å²) in [7, 11) is 0. The standard InChI is InChI=1S/C14H18BrN3S/c1-2-18-14-5-3-4-13(12(14)8-17-18)16-7-11-6-10(15)9-19-11/h6,8-9,13,16H,2-5,7H2,1H3/t13-/m1/s1. The molecule has 102 valence electrons. The van der Waals surface area contributed by atoms with Gasteiger partial charge in [-0.05, 0) is 48.2 Å². The molecule has 3 rings (SSSR count). The predicted octanol–water partition coefficient (Wildman–Crippen LogP) is 3.89. The normalized spacial score (nSPS) is 18.5. The van der Waals surface area contributed by atoms with Crippen LogP contribution in [0, 0.1) is 0 Å². The van der Waals surface area contributed by atoms with Gasteiger partial charge < -0.3 is 5.32 Å². The summed E-state index contributed by atoms with van der Waals surface area (Å²) >= 11 is 5.30. The van der Waals surface area contributed by atoms with Gasteiger partial charge in [0.1, 0.15) is 0 Å². The monoisotopic (exact) mass is 339 g/mol. The van der Waals surface area contributed by atoms with Crippen LogP contribution in [-0.4, -0.2) is 9.78 Å². The van der Waals surface area contributed by atoms with E-state index in [1.165, 1.54) is 39.9 Å². The second-order valence-electron chi connectivity index (χ2n) is 4.92.